The van der Waals surface area contributed by atoms with E-state index < -0.39 is 0 Å². The van der Waals surface area contributed by atoms with Crippen LogP contribution in [0.4, 0.5) is 5.69 Å². The molecule has 0 radical (unpaired) electrons. The van der Waals surface area contributed by atoms with Gasteiger partial charge in [0.05, 0.1) is 11.7 Å². The molecule has 0 aliphatic heterocycles. The summed E-state index contributed by atoms with van der Waals surface area (Å²) < 4.78 is 1.52. The Balaban J connectivity index is 1.51. The Morgan fingerprint density at radius 1 is 1.12 bits per heavy atom. The van der Waals surface area contributed by atoms with E-state index in [0.717, 1.165) is 10.6 Å². The second-order valence-electron chi connectivity index (χ2n) is 5.65. The minimum absolute atomic E-state index is 0.0228. The second-order valence-corrected chi connectivity index (χ2v) is 6.54. The van der Waals surface area contributed by atoms with E-state index in [1.54, 1.807) is 35.7 Å². The van der Waals surface area contributed by atoms with Gasteiger partial charge in [-0.05, 0) is 36.4 Å². The third kappa shape index (κ3) is 3.25. The van der Waals surface area contributed by atoms with Crippen molar-refractivity contribution in [3.63, 3.8) is 0 Å². The van der Waals surface area contributed by atoms with Crippen LogP contribution in [0.1, 0.15) is 0 Å². The summed E-state index contributed by atoms with van der Waals surface area (Å²) in [6, 6.07) is 14.6. The lowest BCUT2D eigenvalue weighted by molar-refractivity contribution is -0.116. The first-order valence-electron chi connectivity index (χ1n) is 7.95. The zero-order valence-electron chi connectivity index (χ0n) is 13.6. The maximum atomic E-state index is 12.4. The molecule has 2 heterocycles. The number of hydrogen-bond donors (Lipinski definition) is 1. The Labute approximate surface area is 152 Å². The van der Waals surface area contributed by atoms with E-state index in [0.29, 0.717) is 16.6 Å². The zero-order valence-corrected chi connectivity index (χ0v) is 14.4. The maximum absolute atomic E-state index is 12.4. The largest absolute Gasteiger partial charge is 0.324 e. The highest BCUT2D eigenvalue weighted by molar-refractivity contribution is 7.13. The van der Waals surface area contributed by atoms with Crippen LogP contribution in [0.25, 0.3) is 21.5 Å². The minimum atomic E-state index is -0.215. The molecule has 0 saturated carbocycles. The maximum Gasteiger partial charge on any atom is 0.246 e. The van der Waals surface area contributed by atoms with Crippen molar-refractivity contribution in [3.05, 3.63) is 76.5 Å². The Kier molecular flexibility index (Phi) is 4.28. The normalized spacial score (nSPS) is 10.8. The fourth-order valence-corrected chi connectivity index (χ4v) is 3.33. The molecule has 0 fully saturated rings. The molecule has 128 valence electrons. The lowest BCUT2D eigenvalue weighted by Gasteiger charge is -2.10. The molecule has 1 N–H and O–H groups in total. The Morgan fingerprint density at radius 3 is 2.69 bits per heavy atom. The van der Waals surface area contributed by atoms with Crippen LogP contribution in [0, 0.1) is 0 Å². The Morgan fingerprint density at radius 2 is 1.92 bits per heavy atom. The van der Waals surface area contributed by atoms with Gasteiger partial charge in [-0.1, -0.05) is 12.1 Å². The molecule has 4 aromatic rings. The lowest BCUT2D eigenvalue weighted by Crippen LogP contribution is -2.22. The van der Waals surface area contributed by atoms with Gasteiger partial charge in [-0.3, -0.25) is 14.3 Å². The molecular formula is C19H14N4O2S. The molecule has 26 heavy (non-hydrogen) atoms. The number of carbonyl (C=O) groups is 1. The number of hydrogen-bond acceptors (Lipinski definition) is 5. The van der Waals surface area contributed by atoms with Crippen molar-refractivity contribution in [1.82, 2.24) is 14.8 Å². The number of aromatic nitrogens is 3. The Bertz CT molecular complexity index is 1120. The fourth-order valence-electron chi connectivity index (χ4n) is 2.69. The average Bonchev–Trinajstić information content (AvgIpc) is 3.20. The van der Waals surface area contributed by atoms with Crippen LogP contribution in [0.5, 0.6) is 0 Å². The molecule has 4 rings (SSSR count). The van der Waals surface area contributed by atoms with Crippen molar-refractivity contribution >= 4 is 33.8 Å². The van der Waals surface area contributed by atoms with E-state index >= 15 is 0 Å². The number of fused-ring (bicyclic) bond motifs is 1. The fraction of sp³-hybridized carbons (Fsp3) is 0.0526. The molecule has 7 heteroatoms. The summed E-state index contributed by atoms with van der Waals surface area (Å²) in [5, 5.41) is 10.3. The number of thiazole rings is 1. The number of amides is 1. The van der Waals surface area contributed by atoms with Gasteiger partial charge in [0.15, 0.2) is 0 Å². The van der Waals surface area contributed by atoms with Crippen LogP contribution >= 0.6 is 11.3 Å². The topological polar surface area (TPSA) is 76.9 Å². The van der Waals surface area contributed by atoms with E-state index in [1.165, 1.54) is 10.9 Å². The number of para-hydroxylation sites is 1. The van der Waals surface area contributed by atoms with Gasteiger partial charge >= 0.3 is 0 Å². The van der Waals surface area contributed by atoms with E-state index in [-0.39, 0.29) is 17.9 Å². The van der Waals surface area contributed by atoms with Crippen molar-refractivity contribution in [2.45, 2.75) is 6.54 Å². The summed E-state index contributed by atoms with van der Waals surface area (Å²) in [5.74, 6) is -0.215. The van der Waals surface area contributed by atoms with Crippen molar-refractivity contribution in [3.8, 4) is 10.6 Å². The van der Waals surface area contributed by atoms with Crippen LogP contribution in [0.15, 0.2) is 71.1 Å². The molecule has 0 unspecified atom stereocenters. The smallest absolute Gasteiger partial charge is 0.246 e. The molecule has 1 amide bonds. The highest BCUT2D eigenvalue weighted by Gasteiger charge is 2.09. The van der Waals surface area contributed by atoms with Crippen LogP contribution in [0.2, 0.25) is 0 Å². The number of rotatable bonds is 4. The van der Waals surface area contributed by atoms with Crippen molar-refractivity contribution < 1.29 is 4.79 Å². The van der Waals surface area contributed by atoms with Gasteiger partial charge in [0.25, 0.3) is 0 Å². The number of anilines is 1. The minimum Gasteiger partial charge on any atom is -0.324 e. The number of nitrogens with zero attached hydrogens (tertiary/aromatic N) is 3. The van der Waals surface area contributed by atoms with Crippen LogP contribution in [-0.4, -0.2) is 20.7 Å². The van der Waals surface area contributed by atoms with Gasteiger partial charge in [-0.25, -0.2) is 4.98 Å². The Hall–Kier alpha value is -3.32. The third-order valence-electron chi connectivity index (χ3n) is 3.90. The van der Waals surface area contributed by atoms with Gasteiger partial charge in [-0.2, -0.15) is 5.10 Å². The van der Waals surface area contributed by atoms with Crippen molar-refractivity contribution in [2.24, 2.45) is 0 Å². The molecule has 0 saturated heterocycles. The summed E-state index contributed by atoms with van der Waals surface area (Å²) >= 11 is 1.56. The highest BCUT2D eigenvalue weighted by Crippen LogP contribution is 2.23. The van der Waals surface area contributed by atoms with Crippen LogP contribution < -0.4 is 10.7 Å². The van der Waals surface area contributed by atoms with Gasteiger partial charge in [0, 0.05) is 28.2 Å². The summed E-state index contributed by atoms with van der Waals surface area (Å²) in [6.45, 7) is 0.0228. The van der Waals surface area contributed by atoms with Gasteiger partial charge in [0.2, 0.25) is 11.3 Å². The molecule has 0 atom stereocenters. The predicted octanol–water partition coefficient (Wildman–Crippen LogP) is 3.16. The van der Waals surface area contributed by atoms with Crippen LogP contribution in [0.3, 0.4) is 0 Å². The van der Waals surface area contributed by atoms with E-state index in [4.69, 9.17) is 0 Å². The molecule has 0 aliphatic rings. The van der Waals surface area contributed by atoms with Gasteiger partial charge in [-0.15, -0.1) is 11.3 Å². The van der Waals surface area contributed by atoms with Gasteiger partial charge < -0.3 is 5.32 Å². The van der Waals surface area contributed by atoms with E-state index in [1.807, 2.05) is 35.7 Å². The second kappa shape index (κ2) is 6.89. The molecule has 0 bridgehead atoms. The molecule has 0 aliphatic carbocycles. The third-order valence-corrected chi connectivity index (χ3v) is 4.73. The lowest BCUT2D eigenvalue weighted by atomic mass is 10.2. The summed E-state index contributed by atoms with van der Waals surface area (Å²) in [6.07, 6.45) is 3.00. The summed E-state index contributed by atoms with van der Waals surface area (Å²) in [4.78, 5) is 28.5. The first-order valence-corrected chi connectivity index (χ1v) is 8.83. The SMILES string of the molecule is O=C(Cn1ncc(=O)c2ccccc21)Nc1ccc(-c2nccs2)cc1. The standard InChI is InChI=1S/C19H14N4O2S/c24-17-11-21-23(16-4-2-1-3-15(16)17)12-18(25)22-14-7-5-13(6-8-14)19-20-9-10-26-19/h1-11H,12H2,(H,22,25). The monoisotopic (exact) mass is 362 g/mol. The summed E-state index contributed by atoms with van der Waals surface area (Å²) in [5.41, 5.74) is 2.18. The molecule has 6 nitrogen and oxygen atoms in total. The first kappa shape index (κ1) is 16.2. The van der Waals surface area contributed by atoms with Crippen molar-refractivity contribution in [2.75, 3.05) is 5.32 Å². The van der Waals surface area contributed by atoms with Crippen LogP contribution in [-0.2, 0) is 11.3 Å². The zero-order chi connectivity index (χ0) is 17.9. The number of benzene rings is 2. The number of nitrogens with one attached hydrogen (secondary N) is 1. The van der Waals surface area contributed by atoms with E-state index in [9.17, 15) is 9.59 Å². The molecular weight excluding hydrogens is 348 g/mol. The highest BCUT2D eigenvalue weighted by atomic mass is 32.1. The first-order chi connectivity index (χ1) is 12.7. The molecule has 0 spiro atoms. The number of carbonyl (C=O) groups excluding carboxylic acids is 1. The molecule has 2 aromatic heterocycles. The predicted molar refractivity (Wildman–Crippen MR) is 102 cm³/mol. The van der Waals surface area contributed by atoms with Gasteiger partial charge in [0.1, 0.15) is 11.6 Å². The van der Waals surface area contributed by atoms with Crippen molar-refractivity contribution in [1.29, 1.82) is 0 Å². The average molecular weight is 362 g/mol. The van der Waals surface area contributed by atoms with E-state index in [2.05, 4.69) is 15.4 Å². The quantitative estimate of drug-likeness (QED) is 0.605. The molecule has 2 aromatic carbocycles. The summed E-state index contributed by atoms with van der Waals surface area (Å²) in [7, 11) is 0.